The van der Waals surface area contributed by atoms with Crippen LogP contribution in [0.3, 0.4) is 0 Å². The predicted molar refractivity (Wildman–Crippen MR) is 89.3 cm³/mol. The molecule has 0 radical (unpaired) electrons. The number of amides is 1. The van der Waals surface area contributed by atoms with Crippen molar-refractivity contribution in [2.45, 2.75) is 39.2 Å². The number of amidine groups is 1. The van der Waals surface area contributed by atoms with Crippen LogP contribution in [0.1, 0.15) is 33.1 Å². The summed E-state index contributed by atoms with van der Waals surface area (Å²) in [5.41, 5.74) is 0.334. The molecule has 1 fully saturated rings. The summed E-state index contributed by atoms with van der Waals surface area (Å²) >= 11 is 0. The van der Waals surface area contributed by atoms with E-state index in [1.807, 2.05) is 0 Å². The van der Waals surface area contributed by atoms with Crippen LogP contribution in [0.15, 0.2) is 28.3 Å². The van der Waals surface area contributed by atoms with Crippen LogP contribution in [-0.4, -0.2) is 43.4 Å². The maximum Gasteiger partial charge on any atom is 0.256 e. The minimum atomic E-state index is -3.48. The molecule has 1 saturated carbocycles. The quantitative estimate of drug-likeness (QED) is 0.827. The molecule has 2 heterocycles. The van der Waals surface area contributed by atoms with Gasteiger partial charge >= 0.3 is 0 Å². The molecule has 7 heteroatoms. The number of carbonyl (C=O) groups excluding carboxylic acids is 1. The van der Waals surface area contributed by atoms with Gasteiger partial charge in [0.05, 0.1) is 11.3 Å². The van der Waals surface area contributed by atoms with Gasteiger partial charge in [-0.3, -0.25) is 4.79 Å². The molecule has 0 spiro atoms. The van der Waals surface area contributed by atoms with Gasteiger partial charge in [-0.1, -0.05) is 26.7 Å². The lowest BCUT2D eigenvalue weighted by atomic mass is 9.78. The lowest BCUT2D eigenvalue weighted by molar-refractivity contribution is -0.118. The average molecular weight is 337 g/mol. The Labute approximate surface area is 137 Å². The first kappa shape index (κ1) is 16.2. The fraction of sp³-hybridized carbons (Fsp3) is 0.625. The fourth-order valence-corrected chi connectivity index (χ4v) is 4.41. The first-order valence-corrected chi connectivity index (χ1v) is 9.77. The lowest BCUT2D eigenvalue weighted by Gasteiger charge is -2.35. The fourth-order valence-electron chi connectivity index (χ4n) is 3.43. The highest BCUT2D eigenvalue weighted by molar-refractivity contribution is 7.90. The van der Waals surface area contributed by atoms with Crippen LogP contribution in [0.4, 0.5) is 0 Å². The molecule has 126 valence electrons. The van der Waals surface area contributed by atoms with Crippen molar-refractivity contribution in [1.82, 2.24) is 10.2 Å². The normalized spacial score (nSPS) is 32.6. The SMILES string of the molecule is CC1CCCC(NC(=O)C2=CC=CN3CCS(=O)(=O)N=C23)C1C. The van der Waals surface area contributed by atoms with Crippen LogP contribution in [0.5, 0.6) is 0 Å². The van der Waals surface area contributed by atoms with Gasteiger partial charge in [0, 0.05) is 18.8 Å². The average Bonchev–Trinajstić information content (AvgIpc) is 2.50. The highest BCUT2D eigenvalue weighted by atomic mass is 32.2. The molecule has 3 unspecified atom stereocenters. The number of rotatable bonds is 2. The van der Waals surface area contributed by atoms with Crippen molar-refractivity contribution in [1.29, 1.82) is 0 Å². The number of nitrogens with one attached hydrogen (secondary N) is 1. The minimum absolute atomic E-state index is 0.0209. The molecule has 3 aliphatic rings. The Morgan fingerprint density at radius 3 is 2.91 bits per heavy atom. The second-order valence-corrected chi connectivity index (χ2v) is 8.42. The molecule has 0 aromatic heterocycles. The summed E-state index contributed by atoms with van der Waals surface area (Å²) in [5.74, 6) is 0.986. The Hall–Kier alpha value is -1.63. The molecular weight excluding hydrogens is 314 g/mol. The molecule has 1 N–H and O–H groups in total. The Bertz CT molecular complexity index is 693. The van der Waals surface area contributed by atoms with Gasteiger partial charge in [0.15, 0.2) is 5.84 Å². The molecule has 6 nitrogen and oxygen atoms in total. The second-order valence-electron chi connectivity index (χ2n) is 6.66. The van der Waals surface area contributed by atoms with Crippen LogP contribution >= 0.6 is 0 Å². The summed E-state index contributed by atoms with van der Waals surface area (Å²) in [6.07, 6.45) is 8.43. The maximum absolute atomic E-state index is 12.7. The molecule has 1 amide bonds. The van der Waals surface area contributed by atoms with Gasteiger partial charge in [-0.25, -0.2) is 8.42 Å². The predicted octanol–water partition coefficient (Wildman–Crippen LogP) is 1.42. The standard InChI is InChI=1S/C16H23N3O3S/c1-11-5-3-7-14(12(11)2)17-16(20)13-6-4-8-19-9-10-23(21,22)18-15(13)19/h4,6,8,11-12,14H,3,5,7,9-10H2,1-2H3,(H,17,20). The van der Waals surface area contributed by atoms with Crippen LogP contribution < -0.4 is 5.32 Å². The Balaban J connectivity index is 1.80. The summed E-state index contributed by atoms with van der Waals surface area (Å²) in [4.78, 5) is 14.4. The van der Waals surface area contributed by atoms with E-state index in [0.29, 0.717) is 24.0 Å². The number of sulfonamides is 1. The van der Waals surface area contributed by atoms with Crippen molar-refractivity contribution < 1.29 is 13.2 Å². The molecular formula is C16H23N3O3S. The van der Waals surface area contributed by atoms with Crippen molar-refractivity contribution in [3.05, 3.63) is 23.9 Å². The first-order chi connectivity index (χ1) is 10.9. The summed E-state index contributed by atoms with van der Waals surface area (Å²) in [6, 6.07) is 0.132. The summed E-state index contributed by atoms with van der Waals surface area (Å²) in [6.45, 7) is 4.71. The Kier molecular flexibility index (Phi) is 4.31. The van der Waals surface area contributed by atoms with Gasteiger partial charge in [-0.2, -0.15) is 0 Å². The van der Waals surface area contributed by atoms with E-state index < -0.39 is 10.0 Å². The van der Waals surface area contributed by atoms with Gasteiger partial charge in [0.25, 0.3) is 15.9 Å². The highest BCUT2D eigenvalue weighted by Gasteiger charge is 2.33. The zero-order valence-electron chi connectivity index (χ0n) is 13.5. The smallest absolute Gasteiger partial charge is 0.256 e. The topological polar surface area (TPSA) is 78.8 Å². The molecule has 2 aliphatic heterocycles. The summed E-state index contributed by atoms with van der Waals surface area (Å²) in [7, 11) is -3.48. The van der Waals surface area contributed by atoms with Crippen LogP contribution in [-0.2, 0) is 14.8 Å². The van der Waals surface area contributed by atoms with Gasteiger partial charge < -0.3 is 10.2 Å². The van der Waals surface area contributed by atoms with E-state index in [4.69, 9.17) is 0 Å². The second kappa shape index (κ2) is 6.11. The molecule has 0 bridgehead atoms. The first-order valence-electron chi connectivity index (χ1n) is 8.16. The van der Waals surface area contributed by atoms with E-state index in [1.165, 1.54) is 6.42 Å². The zero-order chi connectivity index (χ0) is 16.6. The van der Waals surface area contributed by atoms with Crippen LogP contribution in [0.2, 0.25) is 0 Å². The third-order valence-corrected chi connectivity index (χ3v) is 6.28. The number of carbonyl (C=O) groups is 1. The van der Waals surface area contributed by atoms with Gasteiger partial charge in [-0.15, -0.1) is 4.40 Å². The number of hydrogen-bond acceptors (Lipinski definition) is 4. The van der Waals surface area contributed by atoms with E-state index in [2.05, 4.69) is 23.6 Å². The van der Waals surface area contributed by atoms with Gasteiger partial charge in [-0.05, 0) is 30.4 Å². The molecule has 0 aromatic carbocycles. The number of allylic oxidation sites excluding steroid dienone is 2. The van der Waals surface area contributed by atoms with Crippen molar-refractivity contribution >= 4 is 21.8 Å². The summed E-state index contributed by atoms with van der Waals surface area (Å²) < 4.78 is 27.3. The molecule has 3 rings (SSSR count). The minimum Gasteiger partial charge on any atom is -0.349 e. The van der Waals surface area contributed by atoms with E-state index >= 15 is 0 Å². The third-order valence-electron chi connectivity index (χ3n) is 5.13. The third kappa shape index (κ3) is 3.34. The molecule has 0 aromatic rings. The van der Waals surface area contributed by atoms with E-state index in [9.17, 15) is 13.2 Å². The van der Waals surface area contributed by atoms with E-state index in [1.54, 1.807) is 23.3 Å². The molecule has 0 saturated heterocycles. The van der Waals surface area contributed by atoms with Crippen LogP contribution in [0, 0.1) is 11.8 Å². The van der Waals surface area contributed by atoms with E-state index in [-0.39, 0.29) is 23.5 Å². The van der Waals surface area contributed by atoms with Gasteiger partial charge in [0.1, 0.15) is 0 Å². The van der Waals surface area contributed by atoms with Crippen molar-refractivity contribution in [2.24, 2.45) is 16.2 Å². The molecule has 3 atom stereocenters. The maximum atomic E-state index is 12.7. The number of nitrogens with zero attached hydrogens (tertiary/aromatic N) is 2. The number of hydrogen-bond donors (Lipinski definition) is 1. The van der Waals surface area contributed by atoms with Crippen molar-refractivity contribution in [3.63, 3.8) is 0 Å². The van der Waals surface area contributed by atoms with Crippen LogP contribution in [0.25, 0.3) is 0 Å². The molecule has 23 heavy (non-hydrogen) atoms. The highest BCUT2D eigenvalue weighted by Crippen LogP contribution is 2.30. The monoisotopic (exact) mass is 337 g/mol. The molecule has 1 aliphatic carbocycles. The zero-order valence-corrected chi connectivity index (χ0v) is 14.3. The van der Waals surface area contributed by atoms with Crippen molar-refractivity contribution in [2.75, 3.05) is 12.3 Å². The summed E-state index contributed by atoms with van der Waals surface area (Å²) in [5, 5.41) is 3.09. The Morgan fingerprint density at radius 2 is 2.13 bits per heavy atom. The largest absolute Gasteiger partial charge is 0.349 e. The van der Waals surface area contributed by atoms with Crippen molar-refractivity contribution in [3.8, 4) is 0 Å². The lowest BCUT2D eigenvalue weighted by Crippen LogP contribution is -2.47. The van der Waals surface area contributed by atoms with Gasteiger partial charge in [0.2, 0.25) is 0 Å². The van der Waals surface area contributed by atoms with E-state index in [0.717, 1.165) is 12.8 Å². The number of fused-ring (bicyclic) bond motifs is 1. The Morgan fingerprint density at radius 1 is 1.35 bits per heavy atom.